The van der Waals surface area contributed by atoms with Crippen LogP contribution in [-0.2, 0) is 0 Å². The molecule has 1 aromatic heterocycles. The van der Waals surface area contributed by atoms with E-state index in [0.717, 1.165) is 23.6 Å². The van der Waals surface area contributed by atoms with E-state index in [9.17, 15) is 5.11 Å². The van der Waals surface area contributed by atoms with E-state index in [0.29, 0.717) is 5.69 Å². The molecule has 0 aromatic carbocycles. The zero-order valence-corrected chi connectivity index (χ0v) is 9.85. The van der Waals surface area contributed by atoms with Gasteiger partial charge in [-0.05, 0) is 24.8 Å². The number of aliphatic hydroxyl groups excluding tert-OH is 1. The molecule has 2 heterocycles. The average molecular weight is 246 g/mol. The number of aromatic hydroxyl groups is 1. The Hall–Kier alpha value is -0.430. The van der Waals surface area contributed by atoms with Gasteiger partial charge in [0.2, 0.25) is 0 Å². The van der Waals surface area contributed by atoms with E-state index in [4.69, 9.17) is 10.8 Å². The molecule has 1 aliphatic heterocycles. The van der Waals surface area contributed by atoms with Crippen LogP contribution in [0.5, 0.6) is 5.75 Å². The molecule has 1 atom stereocenters. The molecule has 1 aromatic rings. The lowest BCUT2D eigenvalue weighted by Gasteiger charge is -2.20. The predicted molar refractivity (Wildman–Crippen MR) is 63.1 cm³/mol. The maximum Gasteiger partial charge on any atom is 0.164 e. The minimum Gasteiger partial charge on any atom is -0.504 e. The lowest BCUT2D eigenvalue weighted by molar-refractivity contribution is 0.221. The first-order valence-electron chi connectivity index (χ1n) is 4.83. The minimum absolute atomic E-state index is 0.175. The summed E-state index contributed by atoms with van der Waals surface area (Å²) in [6.45, 7) is 1.13. The summed E-state index contributed by atoms with van der Waals surface area (Å²) in [7, 11) is 0. The number of nitrogen functional groups attached to an aromatic ring is 1. The summed E-state index contributed by atoms with van der Waals surface area (Å²) in [6.07, 6.45) is 2.12. The molecule has 0 aliphatic carbocycles. The quantitative estimate of drug-likeness (QED) is 0.705. The van der Waals surface area contributed by atoms with E-state index >= 15 is 0 Å². The van der Waals surface area contributed by atoms with E-state index in [1.165, 1.54) is 23.3 Å². The number of nitrogens with two attached hydrogens (primary N) is 1. The Morgan fingerprint density at radius 3 is 3.07 bits per heavy atom. The SMILES string of the molecule is Nc1csc(SN2CCCC2CO)c1O. The molecule has 4 nitrogen and oxygen atoms in total. The summed E-state index contributed by atoms with van der Waals surface area (Å²) in [5.74, 6) is 0.175. The summed E-state index contributed by atoms with van der Waals surface area (Å²) < 4.78 is 2.93. The van der Waals surface area contributed by atoms with Crippen molar-refractivity contribution in [3.63, 3.8) is 0 Å². The zero-order valence-electron chi connectivity index (χ0n) is 8.22. The third-order valence-electron chi connectivity index (χ3n) is 2.49. The maximum absolute atomic E-state index is 9.63. The second-order valence-electron chi connectivity index (χ2n) is 3.54. The third kappa shape index (κ3) is 2.23. The highest BCUT2D eigenvalue weighted by Gasteiger charge is 2.26. The molecule has 4 N–H and O–H groups in total. The Balaban J connectivity index is 2.05. The molecular weight excluding hydrogens is 232 g/mol. The van der Waals surface area contributed by atoms with Gasteiger partial charge < -0.3 is 15.9 Å². The van der Waals surface area contributed by atoms with Gasteiger partial charge in [-0.3, -0.25) is 0 Å². The fraction of sp³-hybridized carbons (Fsp3) is 0.556. The predicted octanol–water partition coefficient (Wildman–Crippen LogP) is 1.50. The van der Waals surface area contributed by atoms with Crippen LogP contribution in [0.3, 0.4) is 0 Å². The molecular formula is C9H14N2O2S2. The van der Waals surface area contributed by atoms with Crippen molar-refractivity contribution in [3.8, 4) is 5.75 Å². The second kappa shape index (κ2) is 4.61. The van der Waals surface area contributed by atoms with Gasteiger partial charge in [-0.15, -0.1) is 11.3 Å². The highest BCUT2D eigenvalue weighted by atomic mass is 32.2. The second-order valence-corrected chi connectivity index (χ2v) is 5.74. The first-order chi connectivity index (χ1) is 7.22. The van der Waals surface area contributed by atoms with Crippen molar-refractivity contribution in [2.75, 3.05) is 18.9 Å². The van der Waals surface area contributed by atoms with Gasteiger partial charge in [-0.1, -0.05) is 0 Å². The van der Waals surface area contributed by atoms with Gasteiger partial charge >= 0.3 is 0 Å². The van der Waals surface area contributed by atoms with Crippen molar-refractivity contribution in [3.05, 3.63) is 5.38 Å². The highest BCUT2D eigenvalue weighted by Crippen LogP contribution is 2.42. The Bertz CT molecular complexity index is 343. The molecule has 0 amide bonds. The van der Waals surface area contributed by atoms with Crippen LogP contribution in [0.25, 0.3) is 0 Å². The molecule has 0 bridgehead atoms. The lowest BCUT2D eigenvalue weighted by atomic mass is 10.2. The Labute approximate surface area is 96.8 Å². The van der Waals surface area contributed by atoms with E-state index < -0.39 is 0 Å². The molecule has 0 radical (unpaired) electrons. The van der Waals surface area contributed by atoms with Gasteiger partial charge in [0.25, 0.3) is 0 Å². The van der Waals surface area contributed by atoms with Crippen molar-refractivity contribution >= 4 is 29.0 Å². The van der Waals surface area contributed by atoms with Crippen LogP contribution in [0.2, 0.25) is 0 Å². The smallest absolute Gasteiger partial charge is 0.164 e. The van der Waals surface area contributed by atoms with Crippen molar-refractivity contribution in [2.24, 2.45) is 0 Å². The zero-order chi connectivity index (χ0) is 10.8. The molecule has 1 unspecified atom stereocenters. The average Bonchev–Trinajstić information content (AvgIpc) is 2.80. The fourth-order valence-electron chi connectivity index (χ4n) is 1.63. The monoisotopic (exact) mass is 246 g/mol. The number of nitrogens with zero attached hydrogens (tertiary/aromatic N) is 1. The molecule has 0 spiro atoms. The number of rotatable bonds is 3. The summed E-state index contributed by atoms with van der Waals surface area (Å²) in [5.41, 5.74) is 5.99. The number of aliphatic hydroxyl groups is 1. The fourth-order valence-corrected chi connectivity index (χ4v) is 3.77. The van der Waals surface area contributed by atoms with E-state index in [2.05, 4.69) is 4.31 Å². The van der Waals surface area contributed by atoms with Crippen LogP contribution in [0.4, 0.5) is 5.69 Å². The van der Waals surface area contributed by atoms with E-state index in [1.54, 1.807) is 5.38 Å². The summed E-state index contributed by atoms with van der Waals surface area (Å²) in [5, 5.41) is 20.5. The van der Waals surface area contributed by atoms with Gasteiger partial charge in [0.1, 0.15) is 4.21 Å². The molecule has 15 heavy (non-hydrogen) atoms. The topological polar surface area (TPSA) is 69.7 Å². The van der Waals surface area contributed by atoms with Crippen LogP contribution < -0.4 is 5.73 Å². The number of thiophene rings is 1. The molecule has 0 saturated carbocycles. The van der Waals surface area contributed by atoms with Gasteiger partial charge in [0.15, 0.2) is 5.75 Å². The normalized spacial score (nSPS) is 22.3. The Morgan fingerprint density at radius 2 is 2.47 bits per heavy atom. The minimum atomic E-state index is 0.175. The molecule has 1 saturated heterocycles. The van der Waals surface area contributed by atoms with Crippen LogP contribution in [0.15, 0.2) is 9.59 Å². The van der Waals surface area contributed by atoms with Gasteiger partial charge in [0, 0.05) is 18.0 Å². The van der Waals surface area contributed by atoms with Gasteiger partial charge in [-0.2, -0.15) is 0 Å². The standard InChI is InChI=1S/C9H14N2O2S2/c10-7-5-14-9(8(7)13)15-11-3-1-2-6(11)4-12/h5-6,12-13H,1-4,10H2. The highest BCUT2D eigenvalue weighted by molar-refractivity contribution is 7.99. The summed E-state index contributed by atoms with van der Waals surface area (Å²) in [6, 6.07) is 0.206. The Kier molecular flexibility index (Phi) is 3.40. The third-order valence-corrected chi connectivity index (χ3v) is 4.86. The van der Waals surface area contributed by atoms with Crippen molar-refractivity contribution in [1.82, 2.24) is 4.31 Å². The largest absolute Gasteiger partial charge is 0.504 e. The first kappa shape index (κ1) is 11.1. The van der Waals surface area contributed by atoms with Crippen LogP contribution >= 0.6 is 23.3 Å². The van der Waals surface area contributed by atoms with Crippen LogP contribution in [0.1, 0.15) is 12.8 Å². The molecule has 84 valence electrons. The number of hydrogen-bond donors (Lipinski definition) is 3. The molecule has 2 rings (SSSR count). The molecule has 1 fully saturated rings. The molecule has 6 heteroatoms. The van der Waals surface area contributed by atoms with E-state index in [-0.39, 0.29) is 18.4 Å². The number of anilines is 1. The summed E-state index contributed by atoms with van der Waals surface area (Å²) >= 11 is 2.93. The van der Waals surface area contributed by atoms with Gasteiger partial charge in [0.05, 0.1) is 12.3 Å². The van der Waals surface area contributed by atoms with E-state index in [1.807, 2.05) is 0 Å². The van der Waals surface area contributed by atoms with Gasteiger partial charge in [-0.25, -0.2) is 4.31 Å². The summed E-state index contributed by atoms with van der Waals surface area (Å²) in [4.78, 5) is 0. The Morgan fingerprint density at radius 1 is 1.67 bits per heavy atom. The van der Waals surface area contributed by atoms with Crippen molar-refractivity contribution in [2.45, 2.75) is 23.1 Å². The van der Waals surface area contributed by atoms with Crippen molar-refractivity contribution in [1.29, 1.82) is 0 Å². The number of hydrogen-bond acceptors (Lipinski definition) is 6. The van der Waals surface area contributed by atoms with Crippen LogP contribution in [0, 0.1) is 0 Å². The molecule has 1 aliphatic rings. The van der Waals surface area contributed by atoms with Crippen LogP contribution in [-0.4, -0.2) is 33.7 Å². The lowest BCUT2D eigenvalue weighted by Crippen LogP contribution is -2.25. The first-order valence-corrected chi connectivity index (χ1v) is 6.49. The maximum atomic E-state index is 9.63. The van der Waals surface area contributed by atoms with Crippen molar-refractivity contribution < 1.29 is 10.2 Å².